The Bertz CT molecular complexity index is 774. The van der Waals surface area contributed by atoms with Gasteiger partial charge in [-0.25, -0.2) is 9.97 Å². The van der Waals surface area contributed by atoms with Crippen molar-refractivity contribution in [3.8, 4) is 22.0 Å². The van der Waals surface area contributed by atoms with Crippen molar-refractivity contribution in [3.63, 3.8) is 0 Å². The lowest BCUT2D eigenvalue weighted by molar-refractivity contribution is 1.16. The number of halogens is 2. The molecule has 0 saturated carbocycles. The van der Waals surface area contributed by atoms with E-state index < -0.39 is 0 Å². The molecule has 2 aromatic heterocycles. The molecule has 0 spiro atoms. The van der Waals surface area contributed by atoms with E-state index in [0.29, 0.717) is 5.82 Å². The Morgan fingerprint density at radius 2 is 1.86 bits per heavy atom. The van der Waals surface area contributed by atoms with E-state index in [1.54, 1.807) is 0 Å². The lowest BCUT2D eigenvalue weighted by Crippen LogP contribution is -2.00. The molecule has 0 aliphatic rings. The molecule has 1 aromatic carbocycles. The molecular formula is C15H11BrClN3S. The quantitative estimate of drug-likeness (QED) is 0.667. The summed E-state index contributed by atoms with van der Waals surface area (Å²) in [7, 11) is 1.84. The number of hydrogen-bond donors (Lipinski definition) is 1. The Morgan fingerprint density at radius 3 is 2.48 bits per heavy atom. The second-order valence-corrected chi connectivity index (χ2v) is 6.79. The molecule has 0 aliphatic heterocycles. The SMILES string of the molecule is CNc1nc(-c2ccc(Cl)s2)nc(-c2ccccc2)c1Br. The van der Waals surface area contributed by atoms with Crippen molar-refractivity contribution in [2.24, 2.45) is 0 Å². The third-order valence-corrected chi connectivity index (χ3v) is 4.91. The summed E-state index contributed by atoms with van der Waals surface area (Å²) < 4.78 is 1.58. The van der Waals surface area contributed by atoms with E-state index in [2.05, 4.69) is 31.2 Å². The molecule has 0 aliphatic carbocycles. The number of nitrogens with one attached hydrogen (secondary N) is 1. The molecule has 6 heteroatoms. The van der Waals surface area contributed by atoms with Gasteiger partial charge in [0, 0.05) is 12.6 Å². The summed E-state index contributed by atoms with van der Waals surface area (Å²) >= 11 is 11.1. The predicted molar refractivity (Wildman–Crippen MR) is 93.0 cm³/mol. The average Bonchev–Trinajstić information content (AvgIpc) is 2.95. The second kappa shape index (κ2) is 6.13. The van der Waals surface area contributed by atoms with Crippen molar-refractivity contribution in [2.75, 3.05) is 12.4 Å². The summed E-state index contributed by atoms with van der Waals surface area (Å²) in [4.78, 5) is 10.2. The summed E-state index contributed by atoms with van der Waals surface area (Å²) in [6.07, 6.45) is 0. The molecule has 1 N–H and O–H groups in total. The van der Waals surface area contributed by atoms with E-state index in [4.69, 9.17) is 11.6 Å². The van der Waals surface area contributed by atoms with Gasteiger partial charge in [0.25, 0.3) is 0 Å². The molecular weight excluding hydrogens is 370 g/mol. The van der Waals surface area contributed by atoms with Crippen LogP contribution in [0.25, 0.3) is 22.0 Å². The summed E-state index contributed by atoms with van der Waals surface area (Å²) in [5, 5.41) is 3.10. The summed E-state index contributed by atoms with van der Waals surface area (Å²) in [6, 6.07) is 13.8. The first-order chi connectivity index (χ1) is 10.2. The van der Waals surface area contributed by atoms with Crippen LogP contribution in [0.15, 0.2) is 46.9 Å². The minimum Gasteiger partial charge on any atom is -0.372 e. The van der Waals surface area contributed by atoms with Crippen LogP contribution >= 0.6 is 38.9 Å². The lowest BCUT2D eigenvalue weighted by atomic mass is 10.1. The van der Waals surface area contributed by atoms with Gasteiger partial charge in [-0.15, -0.1) is 11.3 Å². The minimum atomic E-state index is 0.665. The van der Waals surface area contributed by atoms with Crippen LogP contribution in [0.3, 0.4) is 0 Å². The normalized spacial score (nSPS) is 10.6. The zero-order valence-corrected chi connectivity index (χ0v) is 14.3. The standard InChI is InChI=1S/C15H11BrClN3S/c1-18-15-12(16)13(9-5-3-2-4-6-9)19-14(20-15)10-7-8-11(17)21-10/h2-8H,1H3,(H,18,19,20). The Kier molecular flexibility index (Phi) is 4.24. The highest BCUT2D eigenvalue weighted by molar-refractivity contribution is 9.10. The monoisotopic (exact) mass is 379 g/mol. The highest BCUT2D eigenvalue weighted by atomic mass is 79.9. The van der Waals surface area contributed by atoms with Crippen molar-refractivity contribution in [1.82, 2.24) is 9.97 Å². The first kappa shape index (κ1) is 14.5. The lowest BCUT2D eigenvalue weighted by Gasteiger charge is -2.10. The van der Waals surface area contributed by atoms with Gasteiger partial charge in [-0.3, -0.25) is 0 Å². The molecule has 3 rings (SSSR count). The minimum absolute atomic E-state index is 0.665. The van der Waals surface area contributed by atoms with E-state index in [9.17, 15) is 0 Å². The Labute approximate surface area is 140 Å². The first-order valence-corrected chi connectivity index (χ1v) is 8.24. The fourth-order valence-electron chi connectivity index (χ4n) is 1.94. The maximum Gasteiger partial charge on any atom is 0.172 e. The summed E-state index contributed by atoms with van der Waals surface area (Å²) in [5.74, 6) is 1.42. The van der Waals surface area contributed by atoms with E-state index in [1.165, 1.54) is 11.3 Å². The zero-order chi connectivity index (χ0) is 14.8. The van der Waals surface area contributed by atoms with Gasteiger partial charge in [0.2, 0.25) is 0 Å². The smallest absolute Gasteiger partial charge is 0.172 e. The van der Waals surface area contributed by atoms with Crippen molar-refractivity contribution < 1.29 is 0 Å². The van der Waals surface area contributed by atoms with E-state index in [-0.39, 0.29) is 0 Å². The second-order valence-electron chi connectivity index (χ2n) is 4.28. The van der Waals surface area contributed by atoms with Gasteiger partial charge in [-0.1, -0.05) is 41.9 Å². The summed E-state index contributed by atoms with van der Waals surface area (Å²) in [6.45, 7) is 0. The molecule has 0 fully saturated rings. The molecule has 0 saturated heterocycles. The fourth-order valence-corrected chi connectivity index (χ4v) is 3.53. The predicted octanol–water partition coefficient (Wildman–Crippen LogP) is 5.33. The zero-order valence-electron chi connectivity index (χ0n) is 11.1. The number of aromatic nitrogens is 2. The van der Waals surface area contributed by atoms with Crippen molar-refractivity contribution in [1.29, 1.82) is 0 Å². The topological polar surface area (TPSA) is 37.8 Å². The molecule has 3 nitrogen and oxygen atoms in total. The van der Waals surface area contributed by atoms with Crippen LogP contribution in [0.4, 0.5) is 5.82 Å². The van der Waals surface area contributed by atoms with E-state index in [1.807, 2.05) is 49.5 Å². The van der Waals surface area contributed by atoms with Gasteiger partial charge in [0.1, 0.15) is 5.82 Å². The Balaban J connectivity index is 2.20. The van der Waals surface area contributed by atoms with Gasteiger partial charge >= 0.3 is 0 Å². The van der Waals surface area contributed by atoms with Crippen molar-refractivity contribution in [2.45, 2.75) is 0 Å². The molecule has 0 bridgehead atoms. The molecule has 2 heterocycles. The molecule has 3 aromatic rings. The Hall–Kier alpha value is -1.43. The molecule has 0 atom stereocenters. The molecule has 106 valence electrons. The van der Waals surface area contributed by atoms with Crippen LogP contribution in [-0.2, 0) is 0 Å². The van der Waals surface area contributed by atoms with Crippen molar-refractivity contribution >= 4 is 44.7 Å². The van der Waals surface area contributed by atoms with Crippen LogP contribution < -0.4 is 5.32 Å². The van der Waals surface area contributed by atoms with Gasteiger partial charge in [-0.05, 0) is 28.1 Å². The maximum atomic E-state index is 6.01. The van der Waals surface area contributed by atoms with Crippen LogP contribution in [0.5, 0.6) is 0 Å². The summed E-state index contributed by atoms with van der Waals surface area (Å²) in [5.41, 5.74) is 1.89. The average molecular weight is 381 g/mol. The molecule has 0 radical (unpaired) electrons. The third kappa shape index (κ3) is 2.95. The van der Waals surface area contributed by atoms with E-state index in [0.717, 1.165) is 30.8 Å². The number of rotatable bonds is 3. The third-order valence-electron chi connectivity index (χ3n) is 2.93. The van der Waals surface area contributed by atoms with Crippen LogP contribution in [0, 0.1) is 0 Å². The highest BCUT2D eigenvalue weighted by Crippen LogP contribution is 2.36. The van der Waals surface area contributed by atoms with Crippen molar-refractivity contribution in [3.05, 3.63) is 51.3 Å². The van der Waals surface area contributed by atoms with Gasteiger partial charge in [-0.2, -0.15) is 0 Å². The maximum absolute atomic E-state index is 6.01. The number of thiophene rings is 1. The van der Waals surface area contributed by atoms with Crippen LogP contribution in [0.2, 0.25) is 4.34 Å². The fraction of sp³-hybridized carbons (Fsp3) is 0.0667. The number of nitrogens with zero attached hydrogens (tertiary/aromatic N) is 2. The largest absolute Gasteiger partial charge is 0.372 e. The van der Waals surface area contributed by atoms with Crippen LogP contribution in [0.1, 0.15) is 0 Å². The van der Waals surface area contributed by atoms with Gasteiger partial charge in [0.05, 0.1) is 19.4 Å². The molecule has 0 unspecified atom stereocenters. The number of hydrogen-bond acceptors (Lipinski definition) is 4. The van der Waals surface area contributed by atoms with Gasteiger partial charge in [0.15, 0.2) is 5.82 Å². The van der Waals surface area contributed by atoms with E-state index >= 15 is 0 Å². The number of anilines is 1. The molecule has 21 heavy (non-hydrogen) atoms. The van der Waals surface area contributed by atoms with Gasteiger partial charge < -0.3 is 5.32 Å². The number of benzene rings is 1. The first-order valence-electron chi connectivity index (χ1n) is 6.25. The highest BCUT2D eigenvalue weighted by Gasteiger charge is 2.15. The van der Waals surface area contributed by atoms with Crippen LogP contribution in [-0.4, -0.2) is 17.0 Å². The Morgan fingerprint density at radius 1 is 1.10 bits per heavy atom. The molecule has 0 amide bonds.